The number of fused-ring (bicyclic) bond motifs is 1. The summed E-state index contributed by atoms with van der Waals surface area (Å²) >= 11 is 0. The predicted octanol–water partition coefficient (Wildman–Crippen LogP) is 1.52. The summed E-state index contributed by atoms with van der Waals surface area (Å²) in [6.07, 6.45) is 1.92. The van der Waals surface area contributed by atoms with Crippen molar-refractivity contribution in [2.24, 2.45) is 11.6 Å². The number of rotatable bonds is 0. The van der Waals surface area contributed by atoms with Gasteiger partial charge < -0.3 is 10.7 Å². The molecule has 14 heavy (non-hydrogen) atoms. The average molecular weight is 234 g/mol. The number of para-hydroxylation sites is 1. The highest BCUT2D eigenvalue weighted by Crippen LogP contribution is 2.25. The first-order valence-corrected chi connectivity index (χ1v) is 3.86. The lowest BCUT2D eigenvalue weighted by Gasteiger charge is -2.24. The molecule has 0 spiro atoms. The largest absolute Gasteiger partial charge is 0.398 e. The van der Waals surface area contributed by atoms with Gasteiger partial charge in [-0.3, -0.25) is 0 Å². The van der Waals surface area contributed by atoms with Crippen molar-refractivity contribution < 1.29 is 0 Å². The van der Waals surface area contributed by atoms with Gasteiger partial charge in [0.15, 0.2) is 0 Å². The Morgan fingerprint density at radius 1 is 1.14 bits per heavy atom. The summed E-state index contributed by atoms with van der Waals surface area (Å²) in [5.74, 6) is 5.74. The fraction of sp³-hybridized carbons (Fsp3) is 0.111. The monoisotopic (exact) mass is 233 g/mol. The molecule has 0 aliphatic carbocycles. The predicted molar refractivity (Wildman–Crippen MR) is 64.6 cm³/mol. The number of hydrogen-bond donors (Lipinski definition) is 2. The van der Waals surface area contributed by atoms with Gasteiger partial charge in [-0.05, 0) is 12.1 Å². The van der Waals surface area contributed by atoms with Gasteiger partial charge in [-0.1, -0.05) is 18.2 Å². The van der Waals surface area contributed by atoms with Crippen LogP contribution in [0.15, 0.2) is 30.3 Å². The second-order valence-electron chi connectivity index (χ2n) is 2.83. The first-order chi connectivity index (χ1) is 5.79. The molecule has 0 saturated heterocycles. The van der Waals surface area contributed by atoms with Gasteiger partial charge in [0.25, 0.3) is 0 Å². The van der Waals surface area contributed by atoms with E-state index in [2.05, 4.69) is 0 Å². The summed E-state index contributed by atoms with van der Waals surface area (Å²) in [5.41, 5.74) is 8.62. The SMILES string of the molecule is Cl.Cl.NC1=CCN(N)c2ccccc21. The second-order valence-corrected chi connectivity index (χ2v) is 2.83. The Morgan fingerprint density at radius 2 is 1.79 bits per heavy atom. The summed E-state index contributed by atoms with van der Waals surface area (Å²) in [7, 11) is 0. The van der Waals surface area contributed by atoms with E-state index in [-0.39, 0.29) is 24.8 Å². The topological polar surface area (TPSA) is 55.3 Å². The maximum absolute atomic E-state index is 5.79. The normalized spacial score (nSPS) is 13.2. The van der Waals surface area contributed by atoms with Crippen LogP contribution in [0.4, 0.5) is 5.69 Å². The molecule has 0 amide bonds. The molecule has 4 N–H and O–H groups in total. The zero-order chi connectivity index (χ0) is 8.55. The first-order valence-electron chi connectivity index (χ1n) is 3.86. The van der Waals surface area contributed by atoms with Gasteiger partial charge in [-0.2, -0.15) is 0 Å². The molecule has 1 heterocycles. The fourth-order valence-electron chi connectivity index (χ4n) is 1.37. The number of nitrogens with zero attached hydrogens (tertiary/aromatic N) is 1. The van der Waals surface area contributed by atoms with Crippen LogP contribution in [-0.2, 0) is 0 Å². The van der Waals surface area contributed by atoms with Gasteiger partial charge in [0.2, 0.25) is 0 Å². The maximum Gasteiger partial charge on any atom is 0.0613 e. The minimum Gasteiger partial charge on any atom is -0.398 e. The van der Waals surface area contributed by atoms with Gasteiger partial charge in [0, 0.05) is 11.3 Å². The molecule has 0 aromatic heterocycles. The molecule has 78 valence electrons. The van der Waals surface area contributed by atoms with E-state index in [1.165, 1.54) is 0 Å². The van der Waals surface area contributed by atoms with Crippen LogP contribution in [0.2, 0.25) is 0 Å². The minimum atomic E-state index is 0. The first kappa shape index (κ1) is 13.1. The van der Waals surface area contributed by atoms with Crippen molar-refractivity contribution in [3.8, 4) is 0 Å². The van der Waals surface area contributed by atoms with Crippen LogP contribution in [0.25, 0.3) is 5.70 Å². The van der Waals surface area contributed by atoms with Crippen LogP contribution in [0.1, 0.15) is 5.56 Å². The van der Waals surface area contributed by atoms with Crippen molar-refractivity contribution in [3.63, 3.8) is 0 Å². The van der Waals surface area contributed by atoms with Crippen LogP contribution >= 0.6 is 24.8 Å². The van der Waals surface area contributed by atoms with E-state index in [1.54, 1.807) is 5.01 Å². The standard InChI is InChI=1S/C9H11N3.2ClH/c10-8-5-6-12(11)9-4-2-1-3-7(8)9;;/h1-5H,6,10-11H2;2*1H. The van der Waals surface area contributed by atoms with Crippen molar-refractivity contribution in [2.75, 3.05) is 11.6 Å². The zero-order valence-electron chi connectivity index (χ0n) is 7.51. The Labute approximate surface area is 95.5 Å². The van der Waals surface area contributed by atoms with E-state index >= 15 is 0 Å². The van der Waals surface area contributed by atoms with Crippen molar-refractivity contribution in [1.82, 2.24) is 0 Å². The lowest BCUT2D eigenvalue weighted by atomic mass is 10.1. The van der Waals surface area contributed by atoms with E-state index in [9.17, 15) is 0 Å². The number of hydrogen-bond acceptors (Lipinski definition) is 3. The number of benzene rings is 1. The van der Waals surface area contributed by atoms with Crippen molar-refractivity contribution in [1.29, 1.82) is 0 Å². The highest BCUT2D eigenvalue weighted by atomic mass is 35.5. The minimum absolute atomic E-state index is 0. The summed E-state index contributed by atoms with van der Waals surface area (Å²) in [5, 5.41) is 1.69. The third-order valence-electron chi connectivity index (χ3n) is 2.03. The molecule has 5 heteroatoms. The highest BCUT2D eigenvalue weighted by molar-refractivity contribution is 5.85. The lowest BCUT2D eigenvalue weighted by Crippen LogP contribution is -2.34. The fourth-order valence-corrected chi connectivity index (χ4v) is 1.37. The summed E-state index contributed by atoms with van der Waals surface area (Å²) in [4.78, 5) is 0. The lowest BCUT2D eigenvalue weighted by molar-refractivity contribution is 0.925. The molecule has 2 rings (SSSR count). The Bertz CT molecular complexity index is 339. The molecule has 0 bridgehead atoms. The molecule has 0 fully saturated rings. The molecule has 0 unspecified atom stereocenters. The van der Waals surface area contributed by atoms with Gasteiger partial charge >= 0.3 is 0 Å². The van der Waals surface area contributed by atoms with E-state index in [1.807, 2.05) is 30.3 Å². The Morgan fingerprint density at radius 3 is 2.43 bits per heavy atom. The van der Waals surface area contributed by atoms with E-state index in [4.69, 9.17) is 11.6 Å². The molecule has 0 atom stereocenters. The van der Waals surface area contributed by atoms with E-state index in [0.29, 0.717) is 6.54 Å². The quantitative estimate of drug-likeness (QED) is 0.669. The smallest absolute Gasteiger partial charge is 0.0613 e. The third kappa shape index (κ3) is 2.12. The number of anilines is 1. The van der Waals surface area contributed by atoms with Gasteiger partial charge in [0.05, 0.1) is 12.2 Å². The second kappa shape index (κ2) is 5.10. The zero-order valence-corrected chi connectivity index (χ0v) is 9.15. The van der Waals surface area contributed by atoms with Crippen molar-refractivity contribution in [3.05, 3.63) is 35.9 Å². The van der Waals surface area contributed by atoms with Crippen LogP contribution < -0.4 is 16.6 Å². The highest BCUT2D eigenvalue weighted by Gasteiger charge is 2.12. The van der Waals surface area contributed by atoms with Gasteiger partial charge in [0.1, 0.15) is 0 Å². The van der Waals surface area contributed by atoms with Crippen LogP contribution in [-0.4, -0.2) is 6.54 Å². The number of hydrazine groups is 1. The molecule has 1 aromatic rings. The van der Waals surface area contributed by atoms with Crippen LogP contribution in [0, 0.1) is 0 Å². The molecule has 1 aliphatic heterocycles. The third-order valence-corrected chi connectivity index (χ3v) is 2.03. The Kier molecular flexibility index (Phi) is 4.77. The van der Waals surface area contributed by atoms with Gasteiger partial charge in [-0.25, -0.2) is 5.84 Å². The Balaban J connectivity index is 0.000000845. The van der Waals surface area contributed by atoms with Crippen LogP contribution in [0.3, 0.4) is 0 Å². The van der Waals surface area contributed by atoms with Crippen molar-refractivity contribution >= 4 is 36.2 Å². The molecule has 1 aromatic carbocycles. The number of halogens is 2. The average Bonchev–Trinajstić information content (AvgIpc) is 2.12. The molecule has 1 aliphatic rings. The molecule has 3 nitrogen and oxygen atoms in total. The summed E-state index contributed by atoms with van der Waals surface area (Å²) < 4.78 is 0. The summed E-state index contributed by atoms with van der Waals surface area (Å²) in [6.45, 7) is 0.683. The van der Waals surface area contributed by atoms with Crippen LogP contribution in [0.5, 0.6) is 0 Å². The molecule has 0 radical (unpaired) electrons. The van der Waals surface area contributed by atoms with Crippen molar-refractivity contribution in [2.45, 2.75) is 0 Å². The Hall–Kier alpha value is -0.900. The summed E-state index contributed by atoms with van der Waals surface area (Å²) in [6, 6.07) is 7.85. The van der Waals surface area contributed by atoms with Gasteiger partial charge in [-0.15, -0.1) is 24.8 Å². The van der Waals surface area contributed by atoms with E-state index < -0.39 is 0 Å². The molecular weight excluding hydrogens is 221 g/mol. The van der Waals surface area contributed by atoms with E-state index in [0.717, 1.165) is 16.9 Å². The molecular formula is C9H13Cl2N3. The molecule has 0 saturated carbocycles. The number of nitrogens with two attached hydrogens (primary N) is 2. The maximum atomic E-state index is 5.79.